The third-order valence-corrected chi connectivity index (χ3v) is 6.71. The van der Waals surface area contributed by atoms with Crippen LogP contribution in [0, 0.1) is 0 Å². The minimum atomic E-state index is -0.139. The normalized spacial score (nSPS) is 14.5. The van der Waals surface area contributed by atoms with E-state index in [0.717, 1.165) is 24.4 Å². The zero-order valence-corrected chi connectivity index (χ0v) is 20.1. The van der Waals surface area contributed by atoms with E-state index < -0.39 is 0 Å². The summed E-state index contributed by atoms with van der Waals surface area (Å²) in [6, 6.07) is 10.2. The average molecular weight is 470 g/mol. The lowest BCUT2D eigenvalue weighted by atomic mass is 9.87. The summed E-state index contributed by atoms with van der Waals surface area (Å²) in [7, 11) is 0. The van der Waals surface area contributed by atoms with Crippen molar-refractivity contribution < 1.29 is 9.53 Å². The maximum Gasteiger partial charge on any atom is 0.235 e. The van der Waals surface area contributed by atoms with Crippen LogP contribution >= 0.6 is 11.8 Å². The number of nitrogen functional groups attached to an aromatic ring is 1. The number of thioether (sulfide) groups is 1. The second kappa shape index (κ2) is 9.86. The van der Waals surface area contributed by atoms with E-state index in [1.54, 1.807) is 6.20 Å². The number of hydrogen-bond donors (Lipinski definition) is 2. The maximum atomic E-state index is 12.5. The van der Waals surface area contributed by atoms with Crippen molar-refractivity contribution in [1.29, 1.82) is 0 Å². The number of rotatable bonds is 8. The van der Waals surface area contributed by atoms with Crippen molar-refractivity contribution in [2.24, 2.45) is 0 Å². The van der Waals surface area contributed by atoms with E-state index in [4.69, 9.17) is 10.6 Å². The fraction of sp³-hybridized carbons (Fsp3) is 0.478. The summed E-state index contributed by atoms with van der Waals surface area (Å²) in [4.78, 5) is 12.5. The van der Waals surface area contributed by atoms with Gasteiger partial charge in [0.15, 0.2) is 5.82 Å². The molecule has 1 aliphatic carbocycles. The van der Waals surface area contributed by atoms with Gasteiger partial charge in [0.25, 0.3) is 0 Å². The first-order valence-corrected chi connectivity index (χ1v) is 12.2. The number of nitrogens with zero attached hydrogens (tertiary/aromatic N) is 5. The molecule has 1 aliphatic rings. The first-order valence-electron chi connectivity index (χ1n) is 11.2. The van der Waals surface area contributed by atoms with E-state index in [9.17, 15) is 4.79 Å². The molecule has 0 saturated heterocycles. The van der Waals surface area contributed by atoms with Crippen molar-refractivity contribution in [3.8, 4) is 5.75 Å². The van der Waals surface area contributed by atoms with E-state index in [-0.39, 0.29) is 23.7 Å². The van der Waals surface area contributed by atoms with Crippen molar-refractivity contribution in [1.82, 2.24) is 24.7 Å². The molecule has 0 aliphatic heterocycles. The third-order valence-electron chi connectivity index (χ3n) is 5.76. The van der Waals surface area contributed by atoms with Crippen molar-refractivity contribution in [2.45, 2.75) is 69.7 Å². The van der Waals surface area contributed by atoms with Crippen LogP contribution in [-0.2, 0) is 16.8 Å². The van der Waals surface area contributed by atoms with Crippen LogP contribution in [0.25, 0.3) is 0 Å². The van der Waals surface area contributed by atoms with Crippen molar-refractivity contribution in [3.63, 3.8) is 0 Å². The highest BCUT2D eigenvalue weighted by Gasteiger charge is 2.21. The molecular weight excluding hydrogens is 438 g/mol. The van der Waals surface area contributed by atoms with Crippen LogP contribution in [0.3, 0.4) is 0 Å². The van der Waals surface area contributed by atoms with Crippen LogP contribution in [0.1, 0.15) is 63.9 Å². The Hall–Kier alpha value is -3.01. The number of aromatic nitrogens is 5. The Morgan fingerprint density at radius 3 is 2.61 bits per heavy atom. The Morgan fingerprint density at radius 1 is 1.18 bits per heavy atom. The first kappa shape index (κ1) is 23.2. The molecule has 0 atom stereocenters. The van der Waals surface area contributed by atoms with E-state index in [0.29, 0.717) is 17.0 Å². The molecule has 1 saturated carbocycles. The number of nitrogens with two attached hydrogens (primary N) is 1. The highest BCUT2D eigenvalue weighted by atomic mass is 32.2. The smallest absolute Gasteiger partial charge is 0.235 e. The van der Waals surface area contributed by atoms with Crippen LogP contribution in [-0.4, -0.2) is 36.3 Å². The molecule has 2 heterocycles. The fourth-order valence-corrected chi connectivity index (χ4v) is 4.54. The minimum absolute atomic E-state index is 0.0878. The molecule has 9 nitrogen and oxygen atoms in total. The summed E-state index contributed by atoms with van der Waals surface area (Å²) in [6.45, 7) is 6.70. The number of hydrogen-bond acceptors (Lipinski definition) is 7. The van der Waals surface area contributed by atoms with Crippen LogP contribution < -0.4 is 15.9 Å². The molecule has 3 aromatic rings. The Morgan fingerprint density at radius 2 is 1.91 bits per heavy atom. The summed E-state index contributed by atoms with van der Waals surface area (Å²) in [5.41, 5.74) is 1.32. The molecule has 4 rings (SSSR count). The van der Waals surface area contributed by atoms with Gasteiger partial charge < -0.3 is 15.9 Å². The number of carbonyl (C=O) groups is 1. The Labute approximate surface area is 198 Å². The number of carbonyl (C=O) groups excluding carboxylic acids is 1. The molecule has 2 aromatic heterocycles. The molecule has 10 heteroatoms. The molecule has 1 amide bonds. The third kappa shape index (κ3) is 5.68. The number of anilines is 1. The lowest BCUT2D eigenvalue weighted by molar-refractivity contribution is -0.113. The molecule has 3 N–H and O–H groups in total. The monoisotopic (exact) mass is 469 g/mol. The van der Waals surface area contributed by atoms with Gasteiger partial charge in [-0.3, -0.25) is 4.79 Å². The molecule has 0 unspecified atom stereocenters. The number of nitrogens with one attached hydrogen (secondary N) is 1. The minimum Gasteiger partial charge on any atom is -0.486 e. The zero-order valence-electron chi connectivity index (χ0n) is 19.3. The Bertz CT molecular complexity index is 1080. The molecule has 1 aromatic carbocycles. The van der Waals surface area contributed by atoms with Gasteiger partial charge in [-0.2, -0.15) is 5.10 Å². The first-order chi connectivity index (χ1) is 15.8. The zero-order chi connectivity index (χ0) is 23.4. The maximum absolute atomic E-state index is 12.5. The van der Waals surface area contributed by atoms with Gasteiger partial charge in [0.05, 0.1) is 18.0 Å². The van der Waals surface area contributed by atoms with Gasteiger partial charge in [-0.15, -0.1) is 10.2 Å². The van der Waals surface area contributed by atoms with E-state index in [1.165, 1.54) is 34.8 Å². The van der Waals surface area contributed by atoms with Gasteiger partial charge in [-0.1, -0.05) is 57.5 Å². The Balaban J connectivity index is 1.28. The molecule has 33 heavy (non-hydrogen) atoms. The largest absolute Gasteiger partial charge is 0.486 e. The summed E-state index contributed by atoms with van der Waals surface area (Å²) in [6.07, 6.45) is 6.32. The van der Waals surface area contributed by atoms with Gasteiger partial charge in [-0.05, 0) is 36.0 Å². The quantitative estimate of drug-likeness (QED) is 0.380. The van der Waals surface area contributed by atoms with Gasteiger partial charge in [0.2, 0.25) is 11.1 Å². The second-order valence-electron chi connectivity index (χ2n) is 9.27. The van der Waals surface area contributed by atoms with Gasteiger partial charge in [0.1, 0.15) is 18.2 Å². The van der Waals surface area contributed by atoms with E-state index >= 15 is 0 Å². The lowest BCUT2D eigenvalue weighted by Gasteiger charge is -2.19. The summed E-state index contributed by atoms with van der Waals surface area (Å²) in [5.74, 6) is 8.10. The summed E-state index contributed by atoms with van der Waals surface area (Å²) in [5, 5.41) is 16.0. The molecule has 0 bridgehead atoms. The predicted molar refractivity (Wildman–Crippen MR) is 129 cm³/mol. The van der Waals surface area contributed by atoms with Crippen LogP contribution in [0.15, 0.2) is 41.7 Å². The van der Waals surface area contributed by atoms with E-state index in [2.05, 4.69) is 53.5 Å². The van der Waals surface area contributed by atoms with Crippen molar-refractivity contribution >= 4 is 23.5 Å². The molecule has 0 spiro atoms. The van der Waals surface area contributed by atoms with Crippen LogP contribution in [0.4, 0.5) is 5.82 Å². The van der Waals surface area contributed by atoms with E-state index in [1.807, 2.05) is 22.9 Å². The number of benzene rings is 1. The fourth-order valence-electron chi connectivity index (χ4n) is 3.87. The standard InChI is InChI=1S/C23H31N7O2S/c1-23(2,3)16-8-10-18(11-9-16)32-14-20-27-28-22(29(20)24)33-15-21(31)26-19-12-13-25-30(19)17-6-4-5-7-17/h8-13,17H,4-7,14-15,24H2,1-3H3,(H,26,31). The molecular formula is C23H31N7O2S. The number of amides is 1. The lowest BCUT2D eigenvalue weighted by Crippen LogP contribution is -2.20. The average Bonchev–Trinajstić information content (AvgIpc) is 3.52. The highest BCUT2D eigenvalue weighted by Crippen LogP contribution is 2.31. The molecule has 1 fully saturated rings. The van der Waals surface area contributed by atoms with Crippen molar-refractivity contribution in [3.05, 3.63) is 47.9 Å². The van der Waals surface area contributed by atoms with Gasteiger partial charge in [-0.25, -0.2) is 9.36 Å². The van der Waals surface area contributed by atoms with Crippen LogP contribution in [0.5, 0.6) is 5.75 Å². The SMILES string of the molecule is CC(C)(C)c1ccc(OCc2nnc(SCC(=O)Nc3ccnn3C3CCCC3)n2N)cc1. The molecule has 176 valence electrons. The topological polar surface area (TPSA) is 113 Å². The predicted octanol–water partition coefficient (Wildman–Crippen LogP) is 3.91. The van der Waals surface area contributed by atoms with Crippen molar-refractivity contribution in [2.75, 3.05) is 16.9 Å². The number of ether oxygens (including phenoxy) is 1. The second-order valence-corrected chi connectivity index (χ2v) is 10.2. The highest BCUT2D eigenvalue weighted by molar-refractivity contribution is 7.99. The van der Waals surface area contributed by atoms with Gasteiger partial charge >= 0.3 is 0 Å². The Kier molecular flexibility index (Phi) is 6.92. The van der Waals surface area contributed by atoms with Crippen LogP contribution in [0.2, 0.25) is 0 Å². The van der Waals surface area contributed by atoms with Gasteiger partial charge in [0, 0.05) is 6.07 Å². The summed E-state index contributed by atoms with van der Waals surface area (Å²) >= 11 is 1.23. The molecule has 0 radical (unpaired) electrons. The summed E-state index contributed by atoms with van der Waals surface area (Å²) < 4.78 is 9.10.